The maximum Gasteiger partial charge on any atom is 0.276 e. The van der Waals surface area contributed by atoms with Crippen molar-refractivity contribution in [2.75, 3.05) is 26.2 Å². The molecule has 1 unspecified atom stereocenters. The fourth-order valence-corrected chi connectivity index (χ4v) is 6.88. The molecule has 43 heavy (non-hydrogen) atoms. The first kappa shape index (κ1) is 40.2. The zero-order valence-electron chi connectivity index (χ0n) is 29.9. The number of hydrogen-bond donors (Lipinski definition) is 1. The van der Waals surface area contributed by atoms with E-state index in [1.807, 2.05) is 6.92 Å². The Morgan fingerprint density at radius 2 is 0.930 bits per heavy atom. The Morgan fingerprint density at radius 3 is 1.33 bits per heavy atom. The molecule has 0 radical (unpaired) electrons. The molecule has 0 saturated heterocycles. The highest BCUT2D eigenvalue weighted by Gasteiger charge is 2.32. The summed E-state index contributed by atoms with van der Waals surface area (Å²) in [5, 5.41) is 10.5. The van der Waals surface area contributed by atoms with E-state index in [9.17, 15) is 5.11 Å². The summed E-state index contributed by atoms with van der Waals surface area (Å²) >= 11 is 0. The topological polar surface area (TPSA) is 26.5 Å². The van der Waals surface area contributed by atoms with Crippen molar-refractivity contribution in [2.45, 2.75) is 213 Å². The number of aliphatic hydroxyl groups is 1. The van der Waals surface area contributed by atoms with E-state index in [2.05, 4.69) is 35.5 Å². The fourth-order valence-electron chi connectivity index (χ4n) is 6.88. The van der Waals surface area contributed by atoms with Gasteiger partial charge < -0.3 is 5.11 Å². The summed E-state index contributed by atoms with van der Waals surface area (Å²) in [6, 6.07) is 0. The van der Waals surface area contributed by atoms with Crippen molar-refractivity contribution >= 4 is 5.84 Å². The number of aliphatic hydroxyl groups excluding tert-OH is 1. The van der Waals surface area contributed by atoms with E-state index in [4.69, 9.17) is 0 Å². The largest absolute Gasteiger partial charge is 0.381 e. The molecular weight excluding hydrogens is 524 g/mol. The molecule has 3 heteroatoms. The van der Waals surface area contributed by atoms with Crippen LogP contribution in [0.2, 0.25) is 0 Å². The van der Waals surface area contributed by atoms with E-state index < -0.39 is 0 Å². The molecule has 0 amide bonds. The van der Waals surface area contributed by atoms with Crippen LogP contribution in [0.5, 0.6) is 0 Å². The number of amidine groups is 1. The standard InChI is InChI=1S/C40H79N2O/c1-4-6-8-10-12-14-16-18-20-22-24-26-28-30-32-34-36-42-38-37-41(40(42)39(3)43)35-33-31-29-27-25-23-21-19-17-15-13-11-9-7-5-2/h31,33,39,43H,4-30,32,34-38H2,1-3H3/q+1. The molecule has 3 nitrogen and oxygen atoms in total. The maximum absolute atomic E-state index is 10.5. The van der Waals surface area contributed by atoms with Crippen LogP contribution in [-0.4, -0.2) is 52.7 Å². The summed E-state index contributed by atoms with van der Waals surface area (Å²) in [6.45, 7) is 10.7. The van der Waals surface area contributed by atoms with Gasteiger partial charge >= 0.3 is 0 Å². The maximum atomic E-state index is 10.5. The average molecular weight is 604 g/mol. The summed E-state index contributed by atoms with van der Waals surface area (Å²) in [4.78, 5) is 2.47. The van der Waals surface area contributed by atoms with Crippen LogP contribution < -0.4 is 0 Å². The predicted molar refractivity (Wildman–Crippen MR) is 193 cm³/mol. The summed E-state index contributed by atoms with van der Waals surface area (Å²) in [6.07, 6.45) is 45.2. The lowest BCUT2D eigenvalue weighted by atomic mass is 10.0. The normalized spacial score (nSPS) is 14.6. The molecule has 1 N–H and O–H groups in total. The van der Waals surface area contributed by atoms with Crippen molar-refractivity contribution in [1.82, 2.24) is 4.90 Å². The first-order valence-corrected chi connectivity index (χ1v) is 19.9. The molecular formula is C40H79N2O+. The summed E-state index contributed by atoms with van der Waals surface area (Å²) in [5.41, 5.74) is 0. The van der Waals surface area contributed by atoms with E-state index >= 15 is 0 Å². The number of nitrogens with zero attached hydrogens (tertiary/aromatic N) is 2. The van der Waals surface area contributed by atoms with Gasteiger partial charge in [0.25, 0.3) is 5.84 Å². The highest BCUT2D eigenvalue weighted by atomic mass is 16.3. The third-order valence-electron chi connectivity index (χ3n) is 9.66. The lowest BCUT2D eigenvalue weighted by Gasteiger charge is -2.15. The molecule has 1 aliphatic heterocycles. The second-order valence-electron chi connectivity index (χ2n) is 13.9. The molecule has 1 heterocycles. The average Bonchev–Trinajstić information content (AvgIpc) is 3.41. The van der Waals surface area contributed by atoms with Crippen molar-refractivity contribution in [1.29, 1.82) is 0 Å². The number of allylic oxidation sites excluding steroid dienone is 1. The van der Waals surface area contributed by atoms with Crippen LogP contribution >= 0.6 is 0 Å². The van der Waals surface area contributed by atoms with Gasteiger partial charge in [-0.2, -0.15) is 0 Å². The van der Waals surface area contributed by atoms with Crippen molar-refractivity contribution in [3.63, 3.8) is 0 Å². The Balaban J connectivity index is 2.00. The Labute approximate surface area is 271 Å². The minimum atomic E-state index is -0.367. The highest BCUT2D eigenvalue weighted by molar-refractivity contribution is 5.82. The van der Waals surface area contributed by atoms with E-state index in [0.717, 1.165) is 32.0 Å². The molecule has 1 aliphatic rings. The minimum Gasteiger partial charge on any atom is -0.381 e. The van der Waals surface area contributed by atoms with Gasteiger partial charge in [-0.3, -0.25) is 9.48 Å². The molecule has 0 spiro atoms. The van der Waals surface area contributed by atoms with Crippen LogP contribution in [-0.2, 0) is 0 Å². The smallest absolute Gasteiger partial charge is 0.276 e. The molecule has 0 aromatic carbocycles. The van der Waals surface area contributed by atoms with Crippen molar-refractivity contribution in [2.24, 2.45) is 0 Å². The SMILES string of the molecule is CCCCCCCCCCCCCCC=CC[N+]1=C(C(C)O)N(CCCCCCCCCCCCCCCCCC)CC1. The van der Waals surface area contributed by atoms with Crippen LogP contribution in [0.3, 0.4) is 0 Å². The molecule has 0 aromatic heterocycles. The minimum absolute atomic E-state index is 0.367. The van der Waals surface area contributed by atoms with E-state index in [0.29, 0.717) is 0 Å². The van der Waals surface area contributed by atoms with Gasteiger partial charge in [0.15, 0.2) is 6.10 Å². The number of rotatable bonds is 33. The lowest BCUT2D eigenvalue weighted by Crippen LogP contribution is -2.38. The van der Waals surface area contributed by atoms with Gasteiger partial charge in [-0.05, 0) is 38.7 Å². The lowest BCUT2D eigenvalue weighted by molar-refractivity contribution is -0.510. The predicted octanol–water partition coefficient (Wildman–Crippen LogP) is 12.0. The summed E-state index contributed by atoms with van der Waals surface area (Å²) in [7, 11) is 0. The van der Waals surface area contributed by atoms with Crippen LogP contribution in [0, 0.1) is 0 Å². The van der Waals surface area contributed by atoms with Crippen LogP contribution in [0.1, 0.15) is 207 Å². The van der Waals surface area contributed by atoms with E-state index in [1.54, 1.807) is 0 Å². The Kier molecular flexibility index (Phi) is 29.1. The van der Waals surface area contributed by atoms with Gasteiger partial charge in [0.2, 0.25) is 0 Å². The van der Waals surface area contributed by atoms with E-state index in [1.165, 1.54) is 186 Å². The third-order valence-corrected chi connectivity index (χ3v) is 9.66. The van der Waals surface area contributed by atoms with Crippen molar-refractivity contribution in [3.8, 4) is 0 Å². The van der Waals surface area contributed by atoms with Gasteiger partial charge in [0, 0.05) is 0 Å². The zero-order chi connectivity index (χ0) is 31.1. The van der Waals surface area contributed by atoms with Gasteiger partial charge in [-0.15, -0.1) is 0 Å². The van der Waals surface area contributed by atoms with Crippen LogP contribution in [0.4, 0.5) is 0 Å². The van der Waals surface area contributed by atoms with Gasteiger partial charge in [-0.1, -0.05) is 180 Å². The molecule has 254 valence electrons. The van der Waals surface area contributed by atoms with Crippen molar-refractivity contribution < 1.29 is 9.68 Å². The van der Waals surface area contributed by atoms with E-state index in [-0.39, 0.29) is 6.10 Å². The molecule has 0 aliphatic carbocycles. The zero-order valence-corrected chi connectivity index (χ0v) is 29.9. The second kappa shape index (κ2) is 31.2. The van der Waals surface area contributed by atoms with Gasteiger partial charge in [-0.25, -0.2) is 0 Å². The molecule has 1 rings (SSSR count). The monoisotopic (exact) mass is 604 g/mol. The molecule has 0 bridgehead atoms. The molecule has 0 saturated carbocycles. The first-order valence-electron chi connectivity index (χ1n) is 19.9. The van der Waals surface area contributed by atoms with Gasteiger partial charge in [0.1, 0.15) is 19.6 Å². The molecule has 1 atom stereocenters. The number of hydrogen-bond acceptors (Lipinski definition) is 2. The number of unbranched alkanes of at least 4 members (excludes halogenated alkanes) is 27. The fraction of sp³-hybridized carbons (Fsp3) is 0.925. The molecule has 0 fully saturated rings. The van der Waals surface area contributed by atoms with Crippen molar-refractivity contribution in [3.05, 3.63) is 12.2 Å². The highest BCUT2D eigenvalue weighted by Crippen LogP contribution is 2.15. The second-order valence-corrected chi connectivity index (χ2v) is 13.9. The Hall–Kier alpha value is -0.830. The quantitative estimate of drug-likeness (QED) is 0.0459. The van der Waals surface area contributed by atoms with Crippen LogP contribution in [0.25, 0.3) is 0 Å². The third kappa shape index (κ3) is 24.1. The van der Waals surface area contributed by atoms with Gasteiger partial charge in [0.05, 0.1) is 6.54 Å². The summed E-state index contributed by atoms with van der Waals surface area (Å²) in [5.74, 6) is 1.16. The molecule has 0 aromatic rings. The summed E-state index contributed by atoms with van der Waals surface area (Å²) < 4.78 is 2.41. The Bertz CT molecular complexity index is 640. The van der Waals surface area contributed by atoms with Crippen LogP contribution in [0.15, 0.2) is 12.2 Å². The first-order chi connectivity index (χ1) is 21.2. The Morgan fingerprint density at radius 1 is 0.558 bits per heavy atom.